The summed E-state index contributed by atoms with van der Waals surface area (Å²) in [5.74, 6) is -0.226. The van der Waals surface area contributed by atoms with Crippen LogP contribution in [0.3, 0.4) is 0 Å². The highest BCUT2D eigenvalue weighted by Gasteiger charge is 2.28. The summed E-state index contributed by atoms with van der Waals surface area (Å²) in [6.07, 6.45) is 0. The Morgan fingerprint density at radius 1 is 1.14 bits per heavy atom. The number of amides is 1. The first kappa shape index (κ1) is 14.1. The molecule has 0 aliphatic carbocycles. The van der Waals surface area contributed by atoms with E-state index in [1.54, 1.807) is 12.1 Å². The van der Waals surface area contributed by atoms with Gasteiger partial charge in [0, 0.05) is 17.3 Å². The molecule has 1 atom stereocenters. The van der Waals surface area contributed by atoms with Crippen molar-refractivity contribution in [1.82, 2.24) is 0 Å². The molecule has 1 unspecified atom stereocenters. The van der Waals surface area contributed by atoms with Crippen LogP contribution in [-0.2, 0) is 4.79 Å². The predicted octanol–water partition coefficient (Wildman–Crippen LogP) is 3.88. The van der Waals surface area contributed by atoms with E-state index in [9.17, 15) is 9.18 Å². The largest absolute Gasteiger partial charge is 0.454 e. The Hall–Kier alpha value is -1.82. The van der Waals surface area contributed by atoms with Gasteiger partial charge in [-0.15, -0.1) is 0 Å². The third kappa shape index (κ3) is 2.55. The fraction of sp³-hybridized carbons (Fsp3) is 0.0714. The lowest BCUT2D eigenvalue weighted by Gasteiger charge is -2.11. The summed E-state index contributed by atoms with van der Waals surface area (Å²) < 4.78 is 18.6. The highest BCUT2D eigenvalue weighted by Crippen LogP contribution is 2.40. The molecule has 0 aromatic heterocycles. The van der Waals surface area contributed by atoms with E-state index in [0.29, 0.717) is 17.0 Å². The monoisotopic (exact) mass is 326 g/mol. The first-order chi connectivity index (χ1) is 9.95. The quantitative estimate of drug-likeness (QED) is 0.880. The molecule has 4 nitrogen and oxygen atoms in total. The van der Waals surface area contributed by atoms with Crippen molar-refractivity contribution < 1.29 is 13.9 Å². The van der Waals surface area contributed by atoms with Gasteiger partial charge < -0.3 is 15.8 Å². The minimum absolute atomic E-state index is 0.118. The van der Waals surface area contributed by atoms with Crippen LogP contribution in [0, 0.1) is 5.82 Å². The number of nitrogens with two attached hydrogens (primary N) is 1. The van der Waals surface area contributed by atoms with Gasteiger partial charge in [0.25, 0.3) is 0 Å². The van der Waals surface area contributed by atoms with Crippen molar-refractivity contribution >= 4 is 34.8 Å². The molecule has 1 heterocycles. The number of rotatable bonds is 2. The van der Waals surface area contributed by atoms with Crippen molar-refractivity contribution in [1.29, 1.82) is 0 Å². The Kier molecular flexibility index (Phi) is 3.49. The molecule has 0 saturated heterocycles. The number of ether oxygens (including phenoxy) is 1. The minimum Gasteiger partial charge on any atom is -0.454 e. The minimum atomic E-state index is -0.749. The molecule has 3 rings (SSSR count). The van der Waals surface area contributed by atoms with Crippen molar-refractivity contribution in [2.24, 2.45) is 5.73 Å². The number of benzene rings is 2. The van der Waals surface area contributed by atoms with E-state index in [1.165, 1.54) is 12.1 Å². The lowest BCUT2D eigenvalue weighted by Crippen LogP contribution is -2.19. The molecule has 21 heavy (non-hydrogen) atoms. The van der Waals surface area contributed by atoms with Gasteiger partial charge in [-0.25, -0.2) is 4.39 Å². The Balaban J connectivity index is 1.97. The second-order valence-electron chi connectivity index (χ2n) is 4.51. The maximum atomic E-state index is 13.0. The van der Waals surface area contributed by atoms with Crippen molar-refractivity contribution in [3.8, 4) is 11.5 Å². The number of anilines is 1. The van der Waals surface area contributed by atoms with Gasteiger partial charge in [0.05, 0.1) is 10.0 Å². The second-order valence-corrected chi connectivity index (χ2v) is 5.33. The summed E-state index contributed by atoms with van der Waals surface area (Å²) in [6.45, 7) is 0. The van der Waals surface area contributed by atoms with Crippen LogP contribution in [0.5, 0.6) is 11.5 Å². The molecule has 0 fully saturated rings. The molecule has 3 N–H and O–H groups in total. The lowest BCUT2D eigenvalue weighted by atomic mass is 10.1. The number of hydrogen-bond donors (Lipinski definition) is 2. The molecule has 108 valence electrons. The molecule has 1 aliphatic rings. The van der Waals surface area contributed by atoms with E-state index in [4.69, 9.17) is 33.7 Å². The summed E-state index contributed by atoms with van der Waals surface area (Å²) in [7, 11) is 0. The first-order valence-electron chi connectivity index (χ1n) is 5.98. The van der Waals surface area contributed by atoms with E-state index in [1.807, 2.05) is 0 Å². The maximum Gasteiger partial charge on any atom is 0.245 e. The average molecular weight is 327 g/mol. The van der Waals surface area contributed by atoms with Gasteiger partial charge in [0.1, 0.15) is 23.4 Å². The van der Waals surface area contributed by atoms with Crippen molar-refractivity contribution in [2.75, 3.05) is 5.32 Å². The van der Waals surface area contributed by atoms with Gasteiger partial charge in [-0.2, -0.15) is 0 Å². The zero-order valence-electron chi connectivity index (χ0n) is 10.5. The van der Waals surface area contributed by atoms with Crippen LogP contribution in [0.4, 0.5) is 10.1 Å². The van der Waals surface area contributed by atoms with Crippen LogP contribution < -0.4 is 15.8 Å². The summed E-state index contributed by atoms with van der Waals surface area (Å²) in [5, 5.41) is 3.03. The fourth-order valence-corrected chi connectivity index (χ4v) is 2.46. The summed E-state index contributed by atoms with van der Waals surface area (Å²) in [6, 6.07) is 6.12. The van der Waals surface area contributed by atoms with E-state index in [0.717, 1.165) is 6.07 Å². The number of halogens is 3. The van der Waals surface area contributed by atoms with Crippen molar-refractivity contribution in [3.05, 3.63) is 51.8 Å². The standard InChI is InChI=1S/C14H9Cl2FN2O2/c15-8-3-6(17)1-2-11(8)21-12-5-10-7(4-9(12)16)13(18)14(20)19-10/h1-5,13H,18H2,(H,19,20). The molecule has 0 saturated carbocycles. The van der Waals surface area contributed by atoms with E-state index < -0.39 is 11.9 Å². The summed E-state index contributed by atoms with van der Waals surface area (Å²) in [5.41, 5.74) is 6.86. The van der Waals surface area contributed by atoms with Crippen LogP contribution in [0.1, 0.15) is 11.6 Å². The van der Waals surface area contributed by atoms with Crippen LogP contribution in [-0.4, -0.2) is 5.91 Å². The summed E-state index contributed by atoms with van der Waals surface area (Å²) in [4.78, 5) is 11.5. The molecular formula is C14H9Cl2FN2O2. The van der Waals surface area contributed by atoms with Crippen molar-refractivity contribution in [2.45, 2.75) is 6.04 Å². The van der Waals surface area contributed by atoms with Gasteiger partial charge >= 0.3 is 0 Å². The molecular weight excluding hydrogens is 318 g/mol. The predicted molar refractivity (Wildman–Crippen MR) is 78.5 cm³/mol. The number of nitrogens with one attached hydrogen (secondary N) is 1. The highest BCUT2D eigenvalue weighted by atomic mass is 35.5. The van der Waals surface area contributed by atoms with Crippen LogP contribution in [0.2, 0.25) is 10.0 Å². The number of hydrogen-bond acceptors (Lipinski definition) is 3. The molecule has 1 aliphatic heterocycles. The number of fused-ring (bicyclic) bond motifs is 1. The van der Waals surface area contributed by atoms with Crippen LogP contribution >= 0.6 is 23.2 Å². The lowest BCUT2D eigenvalue weighted by molar-refractivity contribution is -0.116. The molecule has 2 aromatic rings. The molecule has 7 heteroatoms. The van der Waals surface area contributed by atoms with Gasteiger partial charge in [-0.3, -0.25) is 4.79 Å². The number of carbonyl (C=O) groups is 1. The molecule has 2 aromatic carbocycles. The Bertz CT molecular complexity index is 752. The topological polar surface area (TPSA) is 64.4 Å². The molecule has 0 bridgehead atoms. The summed E-state index contributed by atoms with van der Waals surface area (Å²) >= 11 is 12.0. The van der Waals surface area contributed by atoms with E-state index in [-0.39, 0.29) is 21.7 Å². The van der Waals surface area contributed by atoms with Gasteiger partial charge in [-0.1, -0.05) is 23.2 Å². The van der Waals surface area contributed by atoms with Gasteiger partial charge in [-0.05, 0) is 24.3 Å². The third-order valence-corrected chi connectivity index (χ3v) is 3.68. The maximum absolute atomic E-state index is 13.0. The van der Waals surface area contributed by atoms with E-state index >= 15 is 0 Å². The number of carbonyl (C=O) groups excluding carboxylic acids is 1. The normalized spacial score (nSPS) is 16.6. The third-order valence-electron chi connectivity index (χ3n) is 3.09. The van der Waals surface area contributed by atoms with Crippen LogP contribution in [0.15, 0.2) is 30.3 Å². The van der Waals surface area contributed by atoms with Gasteiger partial charge in [0.15, 0.2) is 0 Å². The fourth-order valence-electron chi connectivity index (χ4n) is 2.04. The molecule has 0 radical (unpaired) electrons. The zero-order valence-corrected chi connectivity index (χ0v) is 12.0. The Labute approximate surface area is 129 Å². The Morgan fingerprint density at radius 2 is 1.86 bits per heavy atom. The van der Waals surface area contributed by atoms with Gasteiger partial charge in [0.2, 0.25) is 5.91 Å². The van der Waals surface area contributed by atoms with E-state index in [2.05, 4.69) is 5.32 Å². The smallest absolute Gasteiger partial charge is 0.245 e. The molecule has 0 spiro atoms. The average Bonchev–Trinajstić information content (AvgIpc) is 2.69. The van der Waals surface area contributed by atoms with Crippen molar-refractivity contribution in [3.63, 3.8) is 0 Å². The molecule has 1 amide bonds. The highest BCUT2D eigenvalue weighted by molar-refractivity contribution is 6.33. The zero-order chi connectivity index (χ0) is 15.1. The SMILES string of the molecule is NC1C(=O)Nc2cc(Oc3ccc(F)cc3Cl)c(Cl)cc21. The van der Waals surface area contributed by atoms with Crippen LogP contribution in [0.25, 0.3) is 0 Å². The Morgan fingerprint density at radius 3 is 2.57 bits per heavy atom. The first-order valence-corrected chi connectivity index (χ1v) is 6.74. The second kappa shape index (κ2) is 5.18.